The van der Waals surface area contributed by atoms with Crippen molar-refractivity contribution in [2.24, 2.45) is 17.7 Å². The lowest BCUT2D eigenvalue weighted by Crippen LogP contribution is -2.35. The lowest BCUT2D eigenvalue weighted by molar-refractivity contribution is 0.232. The lowest BCUT2D eigenvalue weighted by atomic mass is 9.77. The zero-order valence-corrected chi connectivity index (χ0v) is 14.4. The maximum atomic E-state index is 5.82. The molecule has 0 radical (unpaired) electrons. The minimum atomic E-state index is 0.280. The molecule has 1 saturated carbocycles. The highest BCUT2D eigenvalue weighted by molar-refractivity contribution is 14.1. The van der Waals surface area contributed by atoms with Gasteiger partial charge in [0.2, 0.25) is 0 Å². The average Bonchev–Trinajstić information content (AvgIpc) is 2.37. The van der Waals surface area contributed by atoms with E-state index in [0.29, 0.717) is 5.92 Å². The number of hydrazine groups is 1. The van der Waals surface area contributed by atoms with Crippen molar-refractivity contribution < 1.29 is 0 Å². The van der Waals surface area contributed by atoms with Gasteiger partial charge in [0.05, 0.1) is 0 Å². The fourth-order valence-corrected chi connectivity index (χ4v) is 3.90. The molecule has 3 N–H and O–H groups in total. The third kappa shape index (κ3) is 3.46. The van der Waals surface area contributed by atoms with Crippen LogP contribution < -0.4 is 11.3 Å². The highest BCUT2D eigenvalue weighted by atomic mass is 127. The topological polar surface area (TPSA) is 38.0 Å². The molecule has 1 aromatic carbocycles. The lowest BCUT2D eigenvalue weighted by Gasteiger charge is -2.33. The van der Waals surface area contributed by atoms with Crippen LogP contribution in [-0.4, -0.2) is 0 Å². The number of benzene rings is 1. The third-order valence-corrected chi connectivity index (χ3v) is 5.48. The van der Waals surface area contributed by atoms with Gasteiger partial charge < -0.3 is 0 Å². The molecule has 0 spiro atoms. The molecule has 100 valence electrons. The van der Waals surface area contributed by atoms with Gasteiger partial charge in [-0.25, -0.2) is 0 Å². The van der Waals surface area contributed by atoms with Crippen molar-refractivity contribution in [3.63, 3.8) is 0 Å². The molecular weight excluding hydrogens is 403 g/mol. The second kappa shape index (κ2) is 6.68. The van der Waals surface area contributed by atoms with Gasteiger partial charge in [-0.3, -0.25) is 11.3 Å². The van der Waals surface area contributed by atoms with Crippen molar-refractivity contribution in [1.29, 1.82) is 0 Å². The molecule has 18 heavy (non-hydrogen) atoms. The van der Waals surface area contributed by atoms with E-state index < -0.39 is 0 Å². The van der Waals surface area contributed by atoms with Crippen molar-refractivity contribution in [3.8, 4) is 0 Å². The molecule has 2 rings (SSSR count). The SMILES string of the molecule is CC1CCC(C(NN)c2cc(Br)ccc2I)CC1. The van der Waals surface area contributed by atoms with Crippen molar-refractivity contribution in [2.45, 2.75) is 38.6 Å². The fraction of sp³-hybridized carbons (Fsp3) is 0.571. The van der Waals surface area contributed by atoms with Gasteiger partial charge in [0.25, 0.3) is 0 Å². The highest BCUT2D eigenvalue weighted by Gasteiger charge is 2.27. The summed E-state index contributed by atoms with van der Waals surface area (Å²) in [4.78, 5) is 0. The van der Waals surface area contributed by atoms with E-state index in [2.05, 4.69) is 69.1 Å². The summed E-state index contributed by atoms with van der Waals surface area (Å²) in [7, 11) is 0. The molecule has 0 aromatic heterocycles. The number of nitrogens with two attached hydrogens (primary N) is 1. The molecule has 0 aliphatic heterocycles. The van der Waals surface area contributed by atoms with Crippen molar-refractivity contribution >= 4 is 38.5 Å². The van der Waals surface area contributed by atoms with Crippen LogP contribution in [0.3, 0.4) is 0 Å². The molecule has 1 aromatic rings. The van der Waals surface area contributed by atoms with Crippen LogP contribution in [-0.2, 0) is 0 Å². The molecule has 0 heterocycles. The van der Waals surface area contributed by atoms with Crippen LogP contribution in [0.25, 0.3) is 0 Å². The van der Waals surface area contributed by atoms with Gasteiger partial charge in [0.15, 0.2) is 0 Å². The zero-order chi connectivity index (χ0) is 13.1. The Morgan fingerprint density at radius 1 is 1.33 bits per heavy atom. The quantitative estimate of drug-likeness (QED) is 0.430. The van der Waals surface area contributed by atoms with Crippen LogP contribution in [0.5, 0.6) is 0 Å². The van der Waals surface area contributed by atoms with Gasteiger partial charge >= 0.3 is 0 Å². The smallest absolute Gasteiger partial charge is 0.0499 e. The number of hydrogen-bond acceptors (Lipinski definition) is 2. The van der Waals surface area contributed by atoms with Gasteiger partial charge in [0.1, 0.15) is 0 Å². The van der Waals surface area contributed by atoms with Crippen LogP contribution in [0.15, 0.2) is 22.7 Å². The summed E-state index contributed by atoms with van der Waals surface area (Å²) in [6, 6.07) is 6.71. The first-order valence-corrected chi connectivity index (χ1v) is 8.40. The van der Waals surface area contributed by atoms with Crippen molar-refractivity contribution in [2.75, 3.05) is 0 Å². The summed E-state index contributed by atoms with van der Waals surface area (Å²) in [5.41, 5.74) is 4.37. The van der Waals surface area contributed by atoms with Crippen LogP contribution in [0.1, 0.15) is 44.2 Å². The fourth-order valence-electron chi connectivity index (χ4n) is 2.85. The number of halogens is 2. The minimum absolute atomic E-state index is 0.280. The molecule has 0 saturated heterocycles. The van der Waals surface area contributed by atoms with Gasteiger partial charge in [-0.1, -0.05) is 35.7 Å². The van der Waals surface area contributed by atoms with Crippen LogP contribution in [0.2, 0.25) is 0 Å². The third-order valence-electron chi connectivity index (χ3n) is 4.00. The Kier molecular flexibility index (Phi) is 5.47. The summed E-state index contributed by atoms with van der Waals surface area (Å²) in [5.74, 6) is 7.36. The average molecular weight is 423 g/mol. The molecule has 0 bridgehead atoms. The second-order valence-corrected chi connectivity index (χ2v) is 7.41. The highest BCUT2D eigenvalue weighted by Crippen LogP contribution is 2.38. The first kappa shape index (κ1) is 14.8. The molecule has 1 unspecified atom stereocenters. The molecule has 4 heteroatoms. The standard InChI is InChI=1S/C14H20BrIN2/c1-9-2-4-10(5-3-9)14(18-17)12-8-11(15)6-7-13(12)16/h6-10,14,18H,2-5,17H2,1H3. The van der Waals surface area contributed by atoms with E-state index in [1.807, 2.05) is 0 Å². The Balaban J connectivity index is 2.19. The second-order valence-electron chi connectivity index (χ2n) is 5.33. The first-order chi connectivity index (χ1) is 8.61. The van der Waals surface area contributed by atoms with E-state index in [0.717, 1.165) is 10.4 Å². The monoisotopic (exact) mass is 422 g/mol. The van der Waals surface area contributed by atoms with E-state index in [-0.39, 0.29) is 6.04 Å². The number of rotatable bonds is 3. The summed E-state index contributed by atoms with van der Waals surface area (Å²) in [5, 5.41) is 0. The molecule has 1 fully saturated rings. The number of hydrogen-bond donors (Lipinski definition) is 2. The Hall–Kier alpha value is 0.350. The Morgan fingerprint density at radius 2 is 2.00 bits per heavy atom. The Morgan fingerprint density at radius 3 is 2.61 bits per heavy atom. The van der Waals surface area contributed by atoms with E-state index in [4.69, 9.17) is 5.84 Å². The Labute approximate surface area is 131 Å². The van der Waals surface area contributed by atoms with Gasteiger partial charge in [0, 0.05) is 14.1 Å². The van der Waals surface area contributed by atoms with Gasteiger partial charge in [-0.15, -0.1) is 0 Å². The molecule has 0 amide bonds. The summed E-state index contributed by atoms with van der Waals surface area (Å²) in [6.07, 6.45) is 5.21. The van der Waals surface area contributed by atoms with E-state index in [1.165, 1.54) is 34.8 Å². The van der Waals surface area contributed by atoms with Gasteiger partial charge in [-0.05, 0) is 71.0 Å². The van der Waals surface area contributed by atoms with Gasteiger partial charge in [-0.2, -0.15) is 0 Å². The Bertz CT molecular complexity index is 403. The molecule has 2 nitrogen and oxygen atoms in total. The normalized spacial score (nSPS) is 26.0. The predicted molar refractivity (Wildman–Crippen MR) is 88.0 cm³/mol. The molecular formula is C14H20BrIN2. The van der Waals surface area contributed by atoms with Crippen LogP contribution in [0, 0.1) is 15.4 Å². The summed E-state index contributed by atoms with van der Waals surface area (Å²) >= 11 is 5.95. The first-order valence-electron chi connectivity index (χ1n) is 6.53. The van der Waals surface area contributed by atoms with Crippen LogP contribution >= 0.6 is 38.5 Å². The molecule has 1 aliphatic carbocycles. The zero-order valence-electron chi connectivity index (χ0n) is 10.6. The molecule has 1 atom stereocenters. The van der Waals surface area contributed by atoms with E-state index in [1.54, 1.807) is 0 Å². The summed E-state index contributed by atoms with van der Waals surface area (Å²) < 4.78 is 2.42. The minimum Gasteiger partial charge on any atom is -0.271 e. The maximum absolute atomic E-state index is 5.82. The largest absolute Gasteiger partial charge is 0.271 e. The van der Waals surface area contributed by atoms with E-state index in [9.17, 15) is 0 Å². The molecule has 1 aliphatic rings. The summed E-state index contributed by atoms with van der Waals surface area (Å²) in [6.45, 7) is 2.35. The van der Waals surface area contributed by atoms with Crippen molar-refractivity contribution in [1.82, 2.24) is 5.43 Å². The predicted octanol–water partition coefficient (Wildman–Crippen LogP) is 4.38. The number of nitrogens with one attached hydrogen (secondary N) is 1. The van der Waals surface area contributed by atoms with Crippen molar-refractivity contribution in [3.05, 3.63) is 31.8 Å². The maximum Gasteiger partial charge on any atom is 0.0499 e. The van der Waals surface area contributed by atoms with E-state index >= 15 is 0 Å². The van der Waals surface area contributed by atoms with Crippen LogP contribution in [0.4, 0.5) is 0 Å².